The predicted octanol–water partition coefficient (Wildman–Crippen LogP) is 0.825. The Hall–Kier alpha value is -1.35. The van der Waals surface area contributed by atoms with Crippen LogP contribution >= 0.6 is 0 Å². The molecule has 0 bridgehead atoms. The molecule has 0 amide bonds. The molecule has 0 aliphatic rings. The lowest BCUT2D eigenvalue weighted by molar-refractivity contribution is 0.384. The average Bonchev–Trinajstić information content (AvgIpc) is 2.08. The van der Waals surface area contributed by atoms with Crippen molar-refractivity contribution in [1.82, 2.24) is 0 Å². The topological polar surface area (TPSA) is 69.4 Å². The molecule has 84 valence electrons. The van der Waals surface area contributed by atoms with E-state index in [0.29, 0.717) is 0 Å². The molecule has 1 rings (SSSR count). The highest BCUT2D eigenvalue weighted by molar-refractivity contribution is 7.84. The van der Waals surface area contributed by atoms with E-state index in [0.717, 1.165) is 0 Å². The lowest BCUT2D eigenvalue weighted by Gasteiger charge is -2.05. The van der Waals surface area contributed by atoms with Gasteiger partial charge in [-0.3, -0.25) is 0 Å². The second kappa shape index (κ2) is 3.66. The Kier molecular flexibility index (Phi) is 2.86. The monoisotopic (exact) mass is 245 g/mol. The molecule has 0 spiro atoms. The van der Waals surface area contributed by atoms with E-state index in [4.69, 9.17) is 0 Å². The van der Waals surface area contributed by atoms with Crippen LogP contribution in [0.5, 0.6) is 5.75 Å². The summed E-state index contributed by atoms with van der Waals surface area (Å²) in [6.07, 6.45) is 0. The van der Waals surface area contributed by atoms with Gasteiger partial charge in [0.25, 0.3) is 0 Å². The summed E-state index contributed by atoms with van der Waals surface area (Å²) in [6.45, 7) is 0. The molecule has 0 saturated heterocycles. The number of nitrogens with two attached hydrogens (primary N) is 1. The second-order valence-corrected chi connectivity index (χ2v) is 3.53. The van der Waals surface area contributed by atoms with Gasteiger partial charge in [-0.25, -0.2) is 13.2 Å². The Morgan fingerprint density at radius 3 is 2.07 bits per heavy atom. The molecular formula is C6H3F4NO3S. The Morgan fingerprint density at radius 2 is 1.60 bits per heavy atom. The van der Waals surface area contributed by atoms with Crippen LogP contribution in [0.2, 0.25) is 0 Å². The van der Waals surface area contributed by atoms with Gasteiger partial charge in [-0.1, -0.05) is 0 Å². The van der Waals surface area contributed by atoms with Crippen molar-refractivity contribution in [2.45, 2.75) is 0 Å². The van der Waals surface area contributed by atoms with Crippen LogP contribution in [0.1, 0.15) is 0 Å². The molecule has 0 aliphatic carbocycles. The van der Waals surface area contributed by atoms with Crippen molar-refractivity contribution in [2.75, 3.05) is 0 Å². The van der Waals surface area contributed by atoms with Crippen molar-refractivity contribution in [3.05, 3.63) is 29.3 Å². The van der Waals surface area contributed by atoms with Crippen LogP contribution in [0.15, 0.2) is 6.07 Å². The van der Waals surface area contributed by atoms with Gasteiger partial charge in [0.05, 0.1) is 0 Å². The second-order valence-electron chi connectivity index (χ2n) is 2.37. The van der Waals surface area contributed by atoms with Crippen LogP contribution in [0.3, 0.4) is 0 Å². The Morgan fingerprint density at radius 1 is 1.07 bits per heavy atom. The lowest BCUT2D eigenvalue weighted by atomic mass is 10.3. The molecule has 0 unspecified atom stereocenters. The highest BCUT2D eigenvalue weighted by Crippen LogP contribution is 2.25. The van der Waals surface area contributed by atoms with Crippen molar-refractivity contribution < 1.29 is 30.2 Å². The Balaban J connectivity index is 3.33. The number of halogens is 4. The van der Waals surface area contributed by atoms with E-state index in [1.807, 2.05) is 0 Å². The van der Waals surface area contributed by atoms with E-state index >= 15 is 0 Å². The van der Waals surface area contributed by atoms with Gasteiger partial charge < -0.3 is 4.18 Å². The third kappa shape index (κ3) is 2.57. The fraction of sp³-hybridized carbons (Fsp3) is 0. The van der Waals surface area contributed by atoms with E-state index in [9.17, 15) is 26.0 Å². The summed E-state index contributed by atoms with van der Waals surface area (Å²) in [7, 11) is -4.64. The molecule has 0 aromatic heterocycles. The summed E-state index contributed by atoms with van der Waals surface area (Å²) < 4.78 is 74.4. The molecule has 0 fully saturated rings. The lowest BCUT2D eigenvalue weighted by Crippen LogP contribution is -2.20. The van der Waals surface area contributed by atoms with E-state index in [-0.39, 0.29) is 6.07 Å². The zero-order valence-corrected chi connectivity index (χ0v) is 7.62. The molecule has 9 heteroatoms. The van der Waals surface area contributed by atoms with Crippen LogP contribution in [-0.4, -0.2) is 8.42 Å². The van der Waals surface area contributed by atoms with Gasteiger partial charge >= 0.3 is 10.3 Å². The van der Waals surface area contributed by atoms with E-state index in [2.05, 4.69) is 9.32 Å². The van der Waals surface area contributed by atoms with Crippen LogP contribution in [-0.2, 0) is 10.3 Å². The summed E-state index contributed by atoms with van der Waals surface area (Å²) in [6, 6.07) is 0.0259. The van der Waals surface area contributed by atoms with Crippen LogP contribution in [0.25, 0.3) is 0 Å². The first kappa shape index (κ1) is 11.7. The quantitative estimate of drug-likeness (QED) is 0.476. The summed E-state index contributed by atoms with van der Waals surface area (Å²) in [5.74, 6) is -9.40. The highest BCUT2D eigenvalue weighted by Gasteiger charge is 2.22. The van der Waals surface area contributed by atoms with Crippen molar-refractivity contribution in [3.63, 3.8) is 0 Å². The van der Waals surface area contributed by atoms with Gasteiger partial charge in [-0.05, 0) is 0 Å². The van der Waals surface area contributed by atoms with Crippen molar-refractivity contribution in [3.8, 4) is 5.75 Å². The maximum Gasteiger partial charge on any atom is 0.380 e. The first-order valence-corrected chi connectivity index (χ1v) is 4.74. The summed E-state index contributed by atoms with van der Waals surface area (Å²) in [5.41, 5.74) is 0. The van der Waals surface area contributed by atoms with Gasteiger partial charge in [0.2, 0.25) is 11.6 Å². The minimum atomic E-state index is -4.64. The van der Waals surface area contributed by atoms with E-state index in [1.165, 1.54) is 0 Å². The Bertz CT molecular complexity index is 502. The number of benzene rings is 1. The van der Waals surface area contributed by atoms with Crippen molar-refractivity contribution >= 4 is 10.3 Å². The standard InChI is InChI=1S/C6H3F4NO3S/c7-2-1-3(14-15(11,12)13)5(9)6(10)4(2)8/h1H,(H2,11,12,13). The molecule has 1 aromatic carbocycles. The normalized spacial score (nSPS) is 11.5. The molecule has 0 radical (unpaired) electrons. The molecule has 15 heavy (non-hydrogen) atoms. The van der Waals surface area contributed by atoms with Gasteiger partial charge in [-0.15, -0.1) is 0 Å². The maximum absolute atomic E-state index is 12.7. The molecule has 0 aliphatic heterocycles. The van der Waals surface area contributed by atoms with Crippen molar-refractivity contribution in [2.24, 2.45) is 5.14 Å². The number of hydrogen-bond acceptors (Lipinski definition) is 3. The highest BCUT2D eigenvalue weighted by atomic mass is 32.2. The fourth-order valence-corrected chi connectivity index (χ4v) is 1.11. The minimum Gasteiger partial charge on any atom is -0.368 e. The zero-order chi connectivity index (χ0) is 11.8. The van der Waals surface area contributed by atoms with Gasteiger partial charge in [0.1, 0.15) is 0 Å². The third-order valence-electron chi connectivity index (χ3n) is 1.28. The van der Waals surface area contributed by atoms with E-state index < -0.39 is 39.3 Å². The van der Waals surface area contributed by atoms with Crippen molar-refractivity contribution in [1.29, 1.82) is 0 Å². The molecule has 0 atom stereocenters. The molecule has 1 aromatic rings. The Labute approximate surface area is 81.5 Å². The SMILES string of the molecule is NS(=O)(=O)Oc1cc(F)c(F)c(F)c1F. The van der Waals surface area contributed by atoms with Crippen LogP contribution in [0.4, 0.5) is 17.6 Å². The zero-order valence-electron chi connectivity index (χ0n) is 6.80. The van der Waals surface area contributed by atoms with Gasteiger partial charge in [-0.2, -0.15) is 17.9 Å². The largest absolute Gasteiger partial charge is 0.380 e. The molecule has 0 heterocycles. The third-order valence-corrected chi connectivity index (χ3v) is 1.69. The van der Waals surface area contributed by atoms with E-state index in [1.54, 1.807) is 0 Å². The van der Waals surface area contributed by atoms with Gasteiger partial charge in [0.15, 0.2) is 17.4 Å². The fourth-order valence-electron chi connectivity index (χ4n) is 0.737. The maximum atomic E-state index is 12.7. The summed E-state index contributed by atoms with van der Waals surface area (Å²) >= 11 is 0. The number of rotatable bonds is 2. The van der Waals surface area contributed by atoms with Crippen LogP contribution in [0, 0.1) is 23.3 Å². The molecule has 2 N–H and O–H groups in total. The smallest absolute Gasteiger partial charge is 0.368 e. The summed E-state index contributed by atoms with van der Waals surface area (Å²) in [5, 5.41) is 4.32. The van der Waals surface area contributed by atoms with Gasteiger partial charge in [0, 0.05) is 6.07 Å². The minimum absolute atomic E-state index is 0.0259. The molecular weight excluding hydrogens is 242 g/mol. The van der Waals surface area contributed by atoms with Crippen LogP contribution < -0.4 is 9.32 Å². The first-order valence-electron chi connectivity index (χ1n) is 3.27. The molecule has 0 saturated carbocycles. The predicted molar refractivity (Wildman–Crippen MR) is 40.0 cm³/mol. The average molecular weight is 245 g/mol. The summed E-state index contributed by atoms with van der Waals surface area (Å²) in [4.78, 5) is 0. The molecule has 4 nitrogen and oxygen atoms in total. The number of hydrogen-bond donors (Lipinski definition) is 1. The first-order chi connectivity index (χ1) is 6.72.